The third-order valence-electron chi connectivity index (χ3n) is 2.74. The van der Waals surface area contributed by atoms with Crippen molar-refractivity contribution in [2.75, 3.05) is 21.3 Å². The van der Waals surface area contributed by atoms with Crippen LogP contribution in [0.4, 0.5) is 0 Å². The van der Waals surface area contributed by atoms with Crippen molar-refractivity contribution in [3.8, 4) is 11.5 Å². The van der Waals surface area contributed by atoms with Crippen LogP contribution in [0.3, 0.4) is 0 Å². The van der Waals surface area contributed by atoms with Crippen LogP contribution in [0.2, 0.25) is 0 Å². The van der Waals surface area contributed by atoms with Gasteiger partial charge in [0, 0.05) is 13.2 Å². The fraction of sp³-hybridized carbons (Fsp3) is 0.462. The van der Waals surface area contributed by atoms with Crippen molar-refractivity contribution in [3.63, 3.8) is 0 Å². The molecule has 0 spiro atoms. The molecule has 1 aromatic rings. The normalized spacial score (nSPS) is 12.0. The first-order valence-corrected chi connectivity index (χ1v) is 5.74. The highest BCUT2D eigenvalue weighted by molar-refractivity contribution is 5.68. The second-order valence-electron chi connectivity index (χ2n) is 4.04. The summed E-state index contributed by atoms with van der Waals surface area (Å²) in [6.07, 6.45) is -0.157. The van der Waals surface area contributed by atoms with Crippen molar-refractivity contribution < 1.29 is 24.1 Å². The van der Waals surface area contributed by atoms with Gasteiger partial charge in [-0.1, -0.05) is 0 Å². The lowest BCUT2D eigenvalue weighted by Crippen LogP contribution is -2.15. The number of carboxylic acid groups (broad SMARTS) is 1. The lowest BCUT2D eigenvalue weighted by atomic mass is 10.0. The van der Waals surface area contributed by atoms with Crippen LogP contribution in [0.5, 0.6) is 11.5 Å². The Morgan fingerprint density at radius 1 is 1.26 bits per heavy atom. The summed E-state index contributed by atoms with van der Waals surface area (Å²) in [6.45, 7) is 0.334. The Morgan fingerprint density at radius 3 is 2.16 bits per heavy atom. The Kier molecular flexibility index (Phi) is 5.59. The highest BCUT2D eigenvalue weighted by atomic mass is 16.5. The molecule has 0 aromatic heterocycles. The van der Waals surface area contributed by atoms with Gasteiger partial charge in [-0.2, -0.15) is 0 Å². The minimum Gasteiger partial charge on any atom is -0.496 e. The number of nitrogens with two attached hydrogens (primary N) is 1. The fourth-order valence-corrected chi connectivity index (χ4v) is 1.81. The summed E-state index contributed by atoms with van der Waals surface area (Å²) in [4.78, 5) is 10.7. The Bertz CT molecular complexity index is 422. The maximum Gasteiger partial charge on any atom is 0.305 e. The molecule has 0 aliphatic carbocycles. The van der Waals surface area contributed by atoms with Crippen molar-refractivity contribution in [2.24, 2.45) is 5.73 Å². The van der Waals surface area contributed by atoms with Gasteiger partial charge in [-0.15, -0.1) is 0 Å². The summed E-state index contributed by atoms with van der Waals surface area (Å²) in [6, 6.07) is 2.81. The van der Waals surface area contributed by atoms with E-state index >= 15 is 0 Å². The van der Waals surface area contributed by atoms with Gasteiger partial charge in [-0.25, -0.2) is 0 Å². The first-order valence-electron chi connectivity index (χ1n) is 5.74. The number of methoxy groups -OCH3 is 3. The van der Waals surface area contributed by atoms with E-state index < -0.39 is 12.0 Å². The molecule has 0 amide bonds. The van der Waals surface area contributed by atoms with Gasteiger partial charge >= 0.3 is 5.97 Å². The van der Waals surface area contributed by atoms with Crippen LogP contribution < -0.4 is 15.2 Å². The third kappa shape index (κ3) is 3.84. The van der Waals surface area contributed by atoms with Crippen molar-refractivity contribution in [1.29, 1.82) is 0 Å². The van der Waals surface area contributed by atoms with Gasteiger partial charge in [-0.05, 0) is 17.7 Å². The average Bonchev–Trinajstić information content (AvgIpc) is 2.38. The first kappa shape index (κ1) is 15.3. The molecule has 1 rings (SSSR count). The second kappa shape index (κ2) is 6.96. The summed E-state index contributed by atoms with van der Waals surface area (Å²) in [7, 11) is 4.63. The average molecular weight is 269 g/mol. The van der Waals surface area contributed by atoms with Gasteiger partial charge in [0.2, 0.25) is 0 Å². The quantitative estimate of drug-likeness (QED) is 0.776. The molecule has 0 saturated carbocycles. The first-order chi connectivity index (χ1) is 9.03. The summed E-state index contributed by atoms with van der Waals surface area (Å²) < 4.78 is 15.6. The van der Waals surface area contributed by atoms with Gasteiger partial charge in [-0.3, -0.25) is 4.79 Å². The maximum absolute atomic E-state index is 10.7. The van der Waals surface area contributed by atoms with Gasteiger partial charge in [0.05, 0.1) is 32.8 Å². The second-order valence-corrected chi connectivity index (χ2v) is 4.04. The monoisotopic (exact) mass is 269 g/mol. The molecule has 0 radical (unpaired) electrons. The van der Waals surface area contributed by atoms with E-state index in [0.717, 1.165) is 5.56 Å². The summed E-state index contributed by atoms with van der Waals surface area (Å²) >= 11 is 0. The molecular weight excluding hydrogens is 250 g/mol. The van der Waals surface area contributed by atoms with Crippen LogP contribution in [0.1, 0.15) is 23.6 Å². The van der Waals surface area contributed by atoms with E-state index in [1.54, 1.807) is 19.2 Å². The zero-order chi connectivity index (χ0) is 14.4. The summed E-state index contributed by atoms with van der Waals surface area (Å²) in [5, 5.41) is 8.77. The van der Waals surface area contributed by atoms with Gasteiger partial charge in [0.25, 0.3) is 0 Å². The molecule has 3 N–H and O–H groups in total. The van der Waals surface area contributed by atoms with Crippen LogP contribution in [0, 0.1) is 0 Å². The van der Waals surface area contributed by atoms with E-state index in [1.165, 1.54) is 14.2 Å². The summed E-state index contributed by atoms with van der Waals surface area (Å²) in [5.41, 5.74) is 7.26. The molecule has 0 fully saturated rings. The molecule has 19 heavy (non-hydrogen) atoms. The molecule has 0 heterocycles. The van der Waals surface area contributed by atoms with Crippen molar-refractivity contribution in [3.05, 3.63) is 23.3 Å². The SMILES string of the molecule is COCc1c(OC)cc(C(N)CC(=O)O)cc1OC. The number of rotatable bonds is 7. The Labute approximate surface area is 112 Å². The van der Waals surface area contributed by atoms with Crippen LogP contribution in [0.25, 0.3) is 0 Å². The maximum atomic E-state index is 10.7. The molecule has 0 bridgehead atoms. The number of aliphatic carboxylic acids is 1. The Morgan fingerprint density at radius 2 is 1.79 bits per heavy atom. The van der Waals surface area contributed by atoms with Gasteiger partial charge < -0.3 is 25.1 Å². The van der Waals surface area contributed by atoms with Crippen LogP contribution in [0.15, 0.2) is 12.1 Å². The molecule has 1 aromatic carbocycles. The number of hydrogen-bond donors (Lipinski definition) is 2. The molecule has 6 heteroatoms. The molecule has 1 atom stereocenters. The van der Waals surface area contributed by atoms with Crippen molar-refractivity contribution in [2.45, 2.75) is 19.1 Å². The zero-order valence-electron chi connectivity index (χ0n) is 11.3. The lowest BCUT2D eigenvalue weighted by Gasteiger charge is -2.17. The largest absolute Gasteiger partial charge is 0.496 e. The molecule has 0 saturated heterocycles. The minimum atomic E-state index is -0.952. The molecule has 6 nitrogen and oxygen atoms in total. The van der Waals surface area contributed by atoms with Crippen LogP contribution in [-0.2, 0) is 16.1 Å². The van der Waals surface area contributed by atoms with Gasteiger partial charge in [0.1, 0.15) is 11.5 Å². The predicted molar refractivity (Wildman–Crippen MR) is 69.4 cm³/mol. The third-order valence-corrected chi connectivity index (χ3v) is 2.74. The van der Waals surface area contributed by atoms with E-state index in [2.05, 4.69) is 0 Å². The number of ether oxygens (including phenoxy) is 3. The Balaban J connectivity index is 3.18. The van der Waals surface area contributed by atoms with E-state index in [-0.39, 0.29) is 6.42 Å². The molecule has 0 aliphatic rings. The van der Waals surface area contributed by atoms with E-state index in [9.17, 15) is 4.79 Å². The highest BCUT2D eigenvalue weighted by Gasteiger charge is 2.17. The molecular formula is C13H19NO5. The standard InChI is InChI=1S/C13H19NO5/c1-17-7-9-11(18-2)4-8(5-12(9)19-3)10(14)6-13(15)16/h4-5,10H,6-7,14H2,1-3H3,(H,15,16). The van der Waals surface area contributed by atoms with E-state index in [1.807, 2.05) is 0 Å². The predicted octanol–water partition coefficient (Wildman–Crippen LogP) is 1.32. The fourth-order valence-electron chi connectivity index (χ4n) is 1.81. The highest BCUT2D eigenvalue weighted by Crippen LogP contribution is 2.33. The van der Waals surface area contributed by atoms with Crippen LogP contribution >= 0.6 is 0 Å². The van der Waals surface area contributed by atoms with Crippen molar-refractivity contribution >= 4 is 5.97 Å². The molecule has 106 valence electrons. The minimum absolute atomic E-state index is 0.157. The number of hydrogen-bond acceptors (Lipinski definition) is 5. The molecule has 0 aliphatic heterocycles. The number of benzene rings is 1. The lowest BCUT2D eigenvalue weighted by molar-refractivity contribution is -0.137. The Hall–Kier alpha value is -1.79. The van der Waals surface area contributed by atoms with Crippen molar-refractivity contribution in [1.82, 2.24) is 0 Å². The molecule has 1 unspecified atom stereocenters. The van der Waals surface area contributed by atoms with E-state index in [0.29, 0.717) is 23.7 Å². The topological polar surface area (TPSA) is 91.0 Å². The smallest absolute Gasteiger partial charge is 0.305 e. The zero-order valence-corrected chi connectivity index (χ0v) is 11.3. The van der Waals surface area contributed by atoms with Crippen LogP contribution in [-0.4, -0.2) is 32.4 Å². The summed E-state index contributed by atoms with van der Waals surface area (Å²) in [5.74, 6) is 0.181. The number of carbonyl (C=O) groups is 1. The van der Waals surface area contributed by atoms with E-state index in [4.69, 9.17) is 25.1 Å². The number of carboxylic acids is 1. The van der Waals surface area contributed by atoms with Gasteiger partial charge in [0.15, 0.2) is 0 Å².